The quantitative estimate of drug-likeness (QED) is 0.750. The van der Waals surface area contributed by atoms with Crippen LogP contribution in [0.5, 0.6) is 0 Å². The van der Waals surface area contributed by atoms with Crippen LogP contribution in [0, 0.1) is 5.82 Å². The number of carbonyl (C=O) groups excluding carboxylic acids is 1. The normalized spacial score (nSPS) is 17.6. The van der Waals surface area contributed by atoms with Crippen molar-refractivity contribution in [2.75, 3.05) is 26.7 Å². The predicted octanol–water partition coefficient (Wildman–Crippen LogP) is 2.33. The number of hydrogen-bond donors (Lipinski definition) is 1. The fourth-order valence-corrected chi connectivity index (χ4v) is 2.72. The van der Waals surface area contributed by atoms with E-state index >= 15 is 0 Å². The first kappa shape index (κ1) is 16.9. The zero-order chi connectivity index (χ0) is 15.8. The zero-order valence-electron chi connectivity index (χ0n) is 13.2. The van der Waals surface area contributed by atoms with Crippen molar-refractivity contribution in [1.82, 2.24) is 10.2 Å². The van der Waals surface area contributed by atoms with Crippen molar-refractivity contribution in [3.63, 3.8) is 0 Å². The molecule has 122 valence electrons. The van der Waals surface area contributed by atoms with Gasteiger partial charge in [0.15, 0.2) is 0 Å². The Morgan fingerprint density at radius 3 is 3.05 bits per heavy atom. The van der Waals surface area contributed by atoms with Crippen molar-refractivity contribution in [3.8, 4) is 0 Å². The van der Waals surface area contributed by atoms with Gasteiger partial charge >= 0.3 is 0 Å². The first-order chi connectivity index (χ1) is 10.7. The smallest absolute Gasteiger partial charge is 0.223 e. The van der Waals surface area contributed by atoms with E-state index in [2.05, 4.69) is 5.32 Å². The maximum absolute atomic E-state index is 13.3. The van der Waals surface area contributed by atoms with E-state index in [1.165, 1.54) is 12.1 Å². The molecule has 1 unspecified atom stereocenters. The van der Waals surface area contributed by atoms with Crippen LogP contribution in [0.1, 0.15) is 31.2 Å². The minimum absolute atomic E-state index is 0.106. The van der Waals surface area contributed by atoms with Gasteiger partial charge in [0.1, 0.15) is 5.82 Å². The molecule has 1 saturated heterocycles. The molecule has 1 aliphatic heterocycles. The SMILES string of the molecule is CNCCCC(=O)N(Cc1cccc(F)c1)CC1CCCO1. The summed E-state index contributed by atoms with van der Waals surface area (Å²) in [6.07, 6.45) is 3.46. The summed E-state index contributed by atoms with van der Waals surface area (Å²) in [6.45, 7) is 2.62. The van der Waals surface area contributed by atoms with E-state index in [1.54, 1.807) is 11.0 Å². The Morgan fingerprint density at radius 1 is 1.50 bits per heavy atom. The third-order valence-electron chi connectivity index (χ3n) is 3.88. The predicted molar refractivity (Wildman–Crippen MR) is 84.0 cm³/mol. The highest BCUT2D eigenvalue weighted by molar-refractivity contribution is 5.76. The van der Waals surface area contributed by atoms with Crippen molar-refractivity contribution in [2.24, 2.45) is 0 Å². The highest BCUT2D eigenvalue weighted by Gasteiger charge is 2.22. The molecule has 4 nitrogen and oxygen atoms in total. The number of ether oxygens (including phenoxy) is 1. The summed E-state index contributed by atoms with van der Waals surface area (Å²) in [7, 11) is 1.88. The van der Waals surface area contributed by atoms with Gasteiger partial charge in [-0.2, -0.15) is 0 Å². The van der Waals surface area contributed by atoms with Crippen LogP contribution in [0.25, 0.3) is 0 Å². The van der Waals surface area contributed by atoms with Crippen molar-refractivity contribution in [2.45, 2.75) is 38.3 Å². The van der Waals surface area contributed by atoms with Gasteiger partial charge in [-0.05, 0) is 50.6 Å². The van der Waals surface area contributed by atoms with Gasteiger partial charge in [0.25, 0.3) is 0 Å². The number of hydrogen-bond acceptors (Lipinski definition) is 3. The summed E-state index contributed by atoms with van der Waals surface area (Å²) >= 11 is 0. The minimum atomic E-state index is -0.266. The average Bonchev–Trinajstić information content (AvgIpc) is 3.00. The Hall–Kier alpha value is -1.46. The van der Waals surface area contributed by atoms with E-state index in [0.717, 1.165) is 38.0 Å². The number of halogens is 1. The molecule has 22 heavy (non-hydrogen) atoms. The molecule has 1 aromatic carbocycles. The van der Waals surface area contributed by atoms with Gasteiger partial charge in [-0.1, -0.05) is 12.1 Å². The van der Waals surface area contributed by atoms with Gasteiger partial charge < -0.3 is 15.0 Å². The molecule has 1 aliphatic rings. The lowest BCUT2D eigenvalue weighted by atomic mass is 10.1. The van der Waals surface area contributed by atoms with E-state index in [-0.39, 0.29) is 17.8 Å². The molecule has 1 fully saturated rings. The molecule has 0 aliphatic carbocycles. The molecular weight excluding hydrogens is 283 g/mol. The number of nitrogens with one attached hydrogen (secondary N) is 1. The van der Waals surface area contributed by atoms with Crippen LogP contribution in [0.3, 0.4) is 0 Å². The van der Waals surface area contributed by atoms with Crippen LogP contribution in [0.4, 0.5) is 4.39 Å². The maximum Gasteiger partial charge on any atom is 0.223 e. The topological polar surface area (TPSA) is 41.6 Å². The van der Waals surface area contributed by atoms with Crippen LogP contribution in [0.15, 0.2) is 24.3 Å². The van der Waals surface area contributed by atoms with E-state index in [9.17, 15) is 9.18 Å². The number of rotatable bonds is 8. The number of benzene rings is 1. The number of nitrogens with zero attached hydrogens (tertiary/aromatic N) is 1. The van der Waals surface area contributed by atoms with Gasteiger partial charge in [-0.3, -0.25) is 4.79 Å². The molecule has 2 rings (SSSR count). The molecular formula is C17H25FN2O2. The molecule has 5 heteroatoms. The maximum atomic E-state index is 13.3. The fourth-order valence-electron chi connectivity index (χ4n) is 2.72. The second kappa shape index (κ2) is 8.86. The Labute approximate surface area is 131 Å². The van der Waals surface area contributed by atoms with Gasteiger partial charge in [-0.25, -0.2) is 4.39 Å². The molecule has 1 aromatic rings. The Morgan fingerprint density at radius 2 is 2.36 bits per heavy atom. The first-order valence-corrected chi connectivity index (χ1v) is 7.97. The lowest BCUT2D eigenvalue weighted by Gasteiger charge is -2.26. The molecule has 0 radical (unpaired) electrons. The monoisotopic (exact) mass is 308 g/mol. The largest absolute Gasteiger partial charge is 0.376 e. The van der Waals surface area contributed by atoms with Crippen LogP contribution in [-0.2, 0) is 16.1 Å². The van der Waals surface area contributed by atoms with Gasteiger partial charge in [0.05, 0.1) is 6.10 Å². The van der Waals surface area contributed by atoms with E-state index < -0.39 is 0 Å². The summed E-state index contributed by atoms with van der Waals surface area (Å²) in [4.78, 5) is 14.2. The minimum Gasteiger partial charge on any atom is -0.376 e. The lowest BCUT2D eigenvalue weighted by Crippen LogP contribution is -2.37. The van der Waals surface area contributed by atoms with Crippen molar-refractivity contribution >= 4 is 5.91 Å². The average molecular weight is 308 g/mol. The summed E-state index contributed by atoms with van der Waals surface area (Å²) in [5.41, 5.74) is 0.819. The molecule has 0 aromatic heterocycles. The Kier molecular flexibility index (Phi) is 6.80. The van der Waals surface area contributed by atoms with Gasteiger partial charge in [0, 0.05) is 26.1 Å². The lowest BCUT2D eigenvalue weighted by molar-refractivity contribution is -0.133. The first-order valence-electron chi connectivity index (χ1n) is 7.97. The Balaban J connectivity index is 1.97. The van der Waals surface area contributed by atoms with E-state index in [0.29, 0.717) is 19.5 Å². The van der Waals surface area contributed by atoms with Crippen molar-refractivity contribution in [3.05, 3.63) is 35.6 Å². The van der Waals surface area contributed by atoms with Crippen LogP contribution >= 0.6 is 0 Å². The summed E-state index contributed by atoms with van der Waals surface area (Å²) < 4.78 is 19.0. The summed E-state index contributed by atoms with van der Waals surface area (Å²) in [5.74, 6) is -0.160. The van der Waals surface area contributed by atoms with Gasteiger partial charge in [0.2, 0.25) is 5.91 Å². The van der Waals surface area contributed by atoms with E-state index in [1.807, 2.05) is 13.1 Å². The zero-order valence-corrected chi connectivity index (χ0v) is 13.2. The summed E-state index contributed by atoms with van der Waals surface area (Å²) in [5, 5.41) is 3.05. The van der Waals surface area contributed by atoms with Gasteiger partial charge in [-0.15, -0.1) is 0 Å². The third kappa shape index (κ3) is 5.39. The standard InChI is InChI=1S/C17H25FN2O2/c1-19-9-3-8-17(21)20(13-16-7-4-10-22-16)12-14-5-2-6-15(18)11-14/h2,5-6,11,16,19H,3-4,7-10,12-13H2,1H3. The highest BCUT2D eigenvalue weighted by atomic mass is 19.1. The van der Waals surface area contributed by atoms with Crippen molar-refractivity contribution in [1.29, 1.82) is 0 Å². The third-order valence-corrected chi connectivity index (χ3v) is 3.88. The molecule has 1 heterocycles. The van der Waals surface area contributed by atoms with Crippen LogP contribution in [-0.4, -0.2) is 43.7 Å². The molecule has 0 spiro atoms. The number of amides is 1. The van der Waals surface area contributed by atoms with Crippen LogP contribution in [0.2, 0.25) is 0 Å². The highest BCUT2D eigenvalue weighted by Crippen LogP contribution is 2.16. The molecule has 1 atom stereocenters. The summed E-state index contributed by atoms with van der Waals surface area (Å²) in [6, 6.07) is 6.44. The fraction of sp³-hybridized carbons (Fsp3) is 0.588. The van der Waals surface area contributed by atoms with Crippen LogP contribution < -0.4 is 5.32 Å². The van der Waals surface area contributed by atoms with E-state index in [4.69, 9.17) is 4.74 Å². The number of carbonyl (C=O) groups is 1. The second-order valence-corrected chi connectivity index (χ2v) is 5.75. The van der Waals surface area contributed by atoms with Crippen molar-refractivity contribution < 1.29 is 13.9 Å². The molecule has 1 N–H and O–H groups in total. The second-order valence-electron chi connectivity index (χ2n) is 5.75. The molecule has 1 amide bonds. The molecule has 0 saturated carbocycles. The Bertz CT molecular complexity index is 475. The molecule has 0 bridgehead atoms.